The van der Waals surface area contributed by atoms with E-state index in [1.807, 2.05) is 6.07 Å². The molecule has 4 N–H and O–H groups in total. The summed E-state index contributed by atoms with van der Waals surface area (Å²) in [5.41, 5.74) is 8.07. The number of benzene rings is 1. The molecule has 4 heteroatoms. The average Bonchev–Trinajstić information content (AvgIpc) is 2.16. The quantitative estimate of drug-likeness (QED) is 0.611. The zero-order valence-electron chi connectivity index (χ0n) is 7.66. The predicted molar refractivity (Wildman–Crippen MR) is 53.6 cm³/mol. The van der Waals surface area contributed by atoms with Crippen LogP contribution in [0.4, 0.5) is 5.69 Å². The van der Waals surface area contributed by atoms with Gasteiger partial charge in [-0.1, -0.05) is 6.07 Å². The van der Waals surface area contributed by atoms with E-state index in [0.29, 0.717) is 12.1 Å². The van der Waals surface area contributed by atoms with Crippen molar-refractivity contribution < 1.29 is 9.90 Å². The summed E-state index contributed by atoms with van der Waals surface area (Å²) in [6, 6.07) is 5.22. The van der Waals surface area contributed by atoms with Crippen molar-refractivity contribution in [3.8, 4) is 0 Å². The molecular formula is C10H12N2O2. The first-order valence-corrected chi connectivity index (χ1v) is 4.52. The minimum Gasteiger partial charge on any atom is -0.478 e. The van der Waals surface area contributed by atoms with Gasteiger partial charge in [0, 0.05) is 18.3 Å². The lowest BCUT2D eigenvalue weighted by molar-refractivity contribution is 0.0697. The number of fused-ring (bicyclic) bond motifs is 1. The zero-order chi connectivity index (χ0) is 10.1. The van der Waals surface area contributed by atoms with E-state index < -0.39 is 5.97 Å². The molecule has 0 fully saturated rings. The van der Waals surface area contributed by atoms with Gasteiger partial charge in [-0.05, 0) is 24.1 Å². The molecule has 0 amide bonds. The van der Waals surface area contributed by atoms with Gasteiger partial charge in [0.2, 0.25) is 0 Å². The van der Waals surface area contributed by atoms with Crippen molar-refractivity contribution in [2.24, 2.45) is 5.73 Å². The Morgan fingerprint density at radius 2 is 2.36 bits per heavy atom. The van der Waals surface area contributed by atoms with Crippen molar-refractivity contribution in [3.05, 3.63) is 29.3 Å². The Kier molecular flexibility index (Phi) is 2.13. The lowest BCUT2D eigenvalue weighted by Crippen LogP contribution is -2.35. The van der Waals surface area contributed by atoms with Crippen LogP contribution in [0.2, 0.25) is 0 Å². The van der Waals surface area contributed by atoms with E-state index in [-0.39, 0.29) is 6.04 Å². The highest BCUT2D eigenvalue weighted by molar-refractivity contribution is 5.89. The van der Waals surface area contributed by atoms with Gasteiger partial charge in [-0.2, -0.15) is 0 Å². The molecule has 0 saturated heterocycles. The SMILES string of the molecule is N[C@H]1CNc2cc(C(=O)O)ccc2C1. The van der Waals surface area contributed by atoms with Gasteiger partial charge in [0.25, 0.3) is 0 Å². The number of carbonyl (C=O) groups is 1. The van der Waals surface area contributed by atoms with Gasteiger partial charge >= 0.3 is 5.97 Å². The van der Waals surface area contributed by atoms with Crippen molar-refractivity contribution in [3.63, 3.8) is 0 Å². The molecule has 0 radical (unpaired) electrons. The molecule has 0 aromatic heterocycles. The zero-order valence-corrected chi connectivity index (χ0v) is 7.66. The van der Waals surface area contributed by atoms with E-state index in [4.69, 9.17) is 10.8 Å². The van der Waals surface area contributed by atoms with Gasteiger partial charge in [0.05, 0.1) is 5.56 Å². The minimum absolute atomic E-state index is 0.123. The summed E-state index contributed by atoms with van der Waals surface area (Å²) < 4.78 is 0. The van der Waals surface area contributed by atoms with Crippen LogP contribution in [0.25, 0.3) is 0 Å². The van der Waals surface area contributed by atoms with Crippen LogP contribution in [0.3, 0.4) is 0 Å². The fourth-order valence-electron chi connectivity index (χ4n) is 1.65. The Balaban J connectivity index is 2.36. The molecular weight excluding hydrogens is 180 g/mol. The Hall–Kier alpha value is -1.55. The standard InChI is InChI=1S/C10H12N2O2/c11-8-3-6-1-2-7(10(13)14)4-9(6)12-5-8/h1-2,4,8,12H,3,5,11H2,(H,13,14)/t8-/m1/s1. The number of carboxylic acid groups (broad SMARTS) is 1. The van der Waals surface area contributed by atoms with Gasteiger partial charge < -0.3 is 16.2 Å². The normalized spacial score (nSPS) is 19.6. The van der Waals surface area contributed by atoms with Crippen molar-refractivity contribution in [1.82, 2.24) is 0 Å². The molecule has 0 spiro atoms. The van der Waals surface area contributed by atoms with Crippen LogP contribution in [0, 0.1) is 0 Å². The monoisotopic (exact) mass is 192 g/mol. The van der Waals surface area contributed by atoms with E-state index in [9.17, 15) is 4.79 Å². The third kappa shape index (κ3) is 1.56. The summed E-state index contributed by atoms with van der Waals surface area (Å²) in [4.78, 5) is 10.7. The summed E-state index contributed by atoms with van der Waals surface area (Å²) >= 11 is 0. The maximum atomic E-state index is 10.7. The van der Waals surface area contributed by atoms with Gasteiger partial charge in [0.15, 0.2) is 0 Å². The van der Waals surface area contributed by atoms with E-state index >= 15 is 0 Å². The third-order valence-electron chi connectivity index (χ3n) is 2.39. The Morgan fingerprint density at radius 3 is 3.07 bits per heavy atom. The lowest BCUT2D eigenvalue weighted by Gasteiger charge is -2.23. The number of rotatable bonds is 1. The van der Waals surface area contributed by atoms with Gasteiger partial charge in [-0.3, -0.25) is 0 Å². The third-order valence-corrected chi connectivity index (χ3v) is 2.39. The summed E-state index contributed by atoms with van der Waals surface area (Å²) in [5, 5.41) is 11.9. The smallest absolute Gasteiger partial charge is 0.335 e. The van der Waals surface area contributed by atoms with Crippen molar-refractivity contribution in [1.29, 1.82) is 0 Å². The molecule has 1 aromatic rings. The number of hydrogen-bond donors (Lipinski definition) is 3. The number of hydrogen-bond acceptors (Lipinski definition) is 3. The largest absolute Gasteiger partial charge is 0.478 e. The second kappa shape index (κ2) is 3.31. The number of anilines is 1. The number of nitrogens with one attached hydrogen (secondary N) is 1. The fraction of sp³-hybridized carbons (Fsp3) is 0.300. The minimum atomic E-state index is -0.899. The van der Waals surface area contributed by atoms with E-state index in [2.05, 4.69) is 5.32 Å². The van der Waals surface area contributed by atoms with Crippen LogP contribution in [0.1, 0.15) is 15.9 Å². The molecule has 4 nitrogen and oxygen atoms in total. The van der Waals surface area contributed by atoms with Crippen LogP contribution in [0.15, 0.2) is 18.2 Å². The first-order valence-electron chi connectivity index (χ1n) is 4.52. The molecule has 2 rings (SSSR count). The molecule has 1 heterocycles. The maximum Gasteiger partial charge on any atom is 0.335 e. The van der Waals surface area contributed by atoms with Gasteiger partial charge in [0.1, 0.15) is 0 Å². The lowest BCUT2D eigenvalue weighted by atomic mass is 9.98. The van der Waals surface area contributed by atoms with Gasteiger partial charge in [-0.25, -0.2) is 4.79 Å². The maximum absolute atomic E-state index is 10.7. The summed E-state index contributed by atoms with van der Waals surface area (Å²) in [7, 11) is 0. The molecule has 0 saturated carbocycles. The summed E-state index contributed by atoms with van der Waals surface area (Å²) in [6.45, 7) is 0.704. The average molecular weight is 192 g/mol. The van der Waals surface area contributed by atoms with E-state index in [1.165, 1.54) is 0 Å². The van der Waals surface area contributed by atoms with Crippen LogP contribution < -0.4 is 11.1 Å². The molecule has 74 valence electrons. The molecule has 1 atom stereocenters. The number of carboxylic acids is 1. The molecule has 0 unspecified atom stereocenters. The van der Waals surface area contributed by atoms with Gasteiger partial charge in [-0.15, -0.1) is 0 Å². The first-order chi connectivity index (χ1) is 6.66. The summed E-state index contributed by atoms with van der Waals surface area (Å²) in [5.74, 6) is -0.899. The first kappa shape index (κ1) is 9.02. The van der Waals surface area contributed by atoms with Crippen LogP contribution in [-0.2, 0) is 6.42 Å². The number of aromatic carboxylic acids is 1. The Bertz CT molecular complexity index is 376. The molecule has 1 aliphatic rings. The van der Waals surface area contributed by atoms with E-state index in [1.54, 1.807) is 12.1 Å². The number of nitrogens with two attached hydrogens (primary N) is 1. The fourth-order valence-corrected chi connectivity index (χ4v) is 1.65. The molecule has 0 bridgehead atoms. The summed E-state index contributed by atoms with van der Waals surface area (Å²) in [6.07, 6.45) is 0.808. The second-order valence-corrected chi connectivity index (χ2v) is 3.52. The highest BCUT2D eigenvalue weighted by Gasteiger charge is 2.15. The highest BCUT2D eigenvalue weighted by atomic mass is 16.4. The van der Waals surface area contributed by atoms with Crippen molar-refractivity contribution >= 4 is 11.7 Å². The molecule has 1 aliphatic heterocycles. The second-order valence-electron chi connectivity index (χ2n) is 3.52. The van der Waals surface area contributed by atoms with Crippen molar-refractivity contribution in [2.75, 3.05) is 11.9 Å². The molecule has 0 aliphatic carbocycles. The van der Waals surface area contributed by atoms with Crippen LogP contribution in [0.5, 0.6) is 0 Å². The highest BCUT2D eigenvalue weighted by Crippen LogP contribution is 2.22. The van der Waals surface area contributed by atoms with Crippen LogP contribution in [-0.4, -0.2) is 23.7 Å². The Labute approximate surface area is 81.7 Å². The predicted octanol–water partition coefficient (Wildman–Crippen LogP) is 0.680. The Morgan fingerprint density at radius 1 is 1.57 bits per heavy atom. The van der Waals surface area contributed by atoms with Crippen molar-refractivity contribution in [2.45, 2.75) is 12.5 Å². The van der Waals surface area contributed by atoms with Crippen LogP contribution >= 0.6 is 0 Å². The molecule has 14 heavy (non-hydrogen) atoms. The topological polar surface area (TPSA) is 75.3 Å². The molecule has 1 aromatic carbocycles. The van der Waals surface area contributed by atoms with E-state index in [0.717, 1.165) is 17.7 Å².